The Bertz CT molecular complexity index is 847. The fourth-order valence-electron chi connectivity index (χ4n) is 3.20. The monoisotopic (exact) mass is 433 g/mol. The SMILES string of the molecule is C=C(F)C(=CC=C(F)CC)n1cncc1C1CCN(C(=O)C(C)(O)C(F)(F)F)CC1. The predicted molar refractivity (Wildman–Crippen MR) is 101 cm³/mol. The van der Waals surface area contributed by atoms with Crippen LogP contribution in [0.1, 0.15) is 44.7 Å². The van der Waals surface area contributed by atoms with E-state index in [2.05, 4.69) is 11.6 Å². The third-order valence-corrected chi connectivity index (χ3v) is 5.13. The van der Waals surface area contributed by atoms with E-state index in [9.17, 15) is 31.9 Å². The lowest BCUT2D eigenvalue weighted by Crippen LogP contribution is -2.57. The number of carbonyl (C=O) groups excluding carboxylic acids is 1. The quantitative estimate of drug-likeness (QED) is 0.531. The van der Waals surface area contributed by atoms with Gasteiger partial charge in [0.25, 0.3) is 5.91 Å². The van der Waals surface area contributed by atoms with Gasteiger partial charge in [-0.2, -0.15) is 13.2 Å². The summed E-state index contributed by atoms with van der Waals surface area (Å²) < 4.78 is 67.6. The Morgan fingerprint density at radius 2 is 1.90 bits per heavy atom. The number of hydrogen-bond acceptors (Lipinski definition) is 3. The minimum atomic E-state index is -5.08. The third-order valence-electron chi connectivity index (χ3n) is 5.13. The summed E-state index contributed by atoms with van der Waals surface area (Å²) in [5, 5.41) is 9.60. The van der Waals surface area contributed by atoms with Crippen molar-refractivity contribution in [3.8, 4) is 0 Å². The summed E-state index contributed by atoms with van der Waals surface area (Å²) in [6.07, 6.45) is 0.846. The maximum Gasteiger partial charge on any atom is 0.426 e. The van der Waals surface area contributed by atoms with Crippen LogP contribution in [0.5, 0.6) is 0 Å². The van der Waals surface area contributed by atoms with Gasteiger partial charge >= 0.3 is 6.18 Å². The standard InChI is InChI=1S/C20H24F5N3O2/c1-4-15(22)5-6-16(13(2)21)28-12-26-11-17(28)14-7-9-27(10-8-14)18(29)19(3,30)20(23,24)25/h5-6,11-12,14,30H,2,4,7-10H2,1,3H3. The summed E-state index contributed by atoms with van der Waals surface area (Å²) in [4.78, 5) is 17.1. The molecule has 0 saturated carbocycles. The number of imidazole rings is 1. The summed E-state index contributed by atoms with van der Waals surface area (Å²) >= 11 is 0. The van der Waals surface area contributed by atoms with Crippen LogP contribution in [0.25, 0.3) is 5.70 Å². The average Bonchev–Trinajstić information content (AvgIpc) is 3.15. The Morgan fingerprint density at radius 1 is 1.30 bits per heavy atom. The van der Waals surface area contributed by atoms with Gasteiger partial charge in [0.15, 0.2) is 0 Å². The largest absolute Gasteiger partial charge is 0.426 e. The number of nitrogens with zero attached hydrogens (tertiary/aromatic N) is 3. The second-order valence-electron chi connectivity index (χ2n) is 7.25. The summed E-state index contributed by atoms with van der Waals surface area (Å²) in [6, 6.07) is 0. The second-order valence-corrected chi connectivity index (χ2v) is 7.25. The van der Waals surface area contributed by atoms with E-state index in [4.69, 9.17) is 0 Å². The van der Waals surface area contributed by atoms with Crippen molar-refractivity contribution in [3.63, 3.8) is 0 Å². The molecule has 2 heterocycles. The second kappa shape index (κ2) is 9.11. The van der Waals surface area contributed by atoms with E-state index >= 15 is 0 Å². The number of hydrogen-bond donors (Lipinski definition) is 1. The summed E-state index contributed by atoms with van der Waals surface area (Å²) in [5.74, 6) is -2.88. The highest BCUT2D eigenvalue weighted by molar-refractivity contribution is 5.85. The van der Waals surface area contributed by atoms with Crippen LogP contribution in [0.15, 0.2) is 42.9 Å². The zero-order valence-corrected chi connectivity index (χ0v) is 16.7. The van der Waals surface area contributed by atoms with E-state index < -0.39 is 29.3 Å². The number of halogens is 5. The molecule has 166 valence electrons. The van der Waals surface area contributed by atoms with E-state index in [0.717, 1.165) is 11.0 Å². The van der Waals surface area contributed by atoms with Crippen molar-refractivity contribution in [2.24, 2.45) is 0 Å². The molecule has 1 amide bonds. The summed E-state index contributed by atoms with van der Waals surface area (Å²) in [5.41, 5.74) is -2.90. The van der Waals surface area contributed by atoms with Crippen molar-refractivity contribution < 1.29 is 31.9 Å². The zero-order valence-electron chi connectivity index (χ0n) is 16.7. The molecule has 0 bridgehead atoms. The fourth-order valence-corrected chi connectivity index (χ4v) is 3.20. The zero-order chi connectivity index (χ0) is 22.7. The van der Waals surface area contributed by atoms with Crippen molar-refractivity contribution in [3.05, 3.63) is 48.6 Å². The van der Waals surface area contributed by atoms with Gasteiger partial charge in [-0.1, -0.05) is 13.5 Å². The number of aromatic nitrogens is 2. The molecular weight excluding hydrogens is 409 g/mol. The fraction of sp³-hybridized carbons (Fsp3) is 0.500. The Labute approximate surface area is 171 Å². The summed E-state index contributed by atoms with van der Waals surface area (Å²) in [7, 11) is 0. The molecule has 0 spiro atoms. The average molecular weight is 433 g/mol. The molecule has 1 atom stereocenters. The van der Waals surface area contributed by atoms with E-state index in [1.807, 2.05) is 0 Å². The molecule has 1 aliphatic heterocycles. The van der Waals surface area contributed by atoms with Gasteiger partial charge in [0, 0.05) is 30.9 Å². The molecule has 1 aromatic heterocycles. The molecule has 1 unspecified atom stereocenters. The third kappa shape index (κ3) is 4.97. The smallest absolute Gasteiger partial charge is 0.373 e. The van der Waals surface area contributed by atoms with Gasteiger partial charge in [-0.05, 0) is 38.3 Å². The van der Waals surface area contributed by atoms with Crippen molar-refractivity contribution in [2.75, 3.05) is 13.1 Å². The highest BCUT2D eigenvalue weighted by atomic mass is 19.4. The van der Waals surface area contributed by atoms with Gasteiger partial charge in [-0.15, -0.1) is 0 Å². The van der Waals surface area contributed by atoms with E-state index in [1.165, 1.54) is 23.2 Å². The molecule has 10 heteroatoms. The van der Waals surface area contributed by atoms with E-state index in [-0.39, 0.29) is 44.0 Å². The van der Waals surface area contributed by atoms with Crippen LogP contribution in [0.4, 0.5) is 22.0 Å². The number of piperidine rings is 1. The lowest BCUT2D eigenvalue weighted by atomic mass is 9.92. The molecule has 1 N–H and O–H groups in total. The van der Waals surface area contributed by atoms with Crippen LogP contribution in [0.2, 0.25) is 0 Å². The molecule has 0 aromatic carbocycles. The maximum atomic E-state index is 14.0. The first-order valence-corrected chi connectivity index (χ1v) is 9.42. The lowest BCUT2D eigenvalue weighted by molar-refractivity contribution is -0.250. The number of carbonyl (C=O) groups is 1. The first kappa shape index (κ1) is 23.8. The highest BCUT2D eigenvalue weighted by Crippen LogP contribution is 2.35. The minimum absolute atomic E-state index is 0.00962. The first-order valence-electron chi connectivity index (χ1n) is 9.42. The maximum absolute atomic E-state index is 14.0. The molecule has 2 rings (SSSR count). The van der Waals surface area contributed by atoms with Gasteiger partial charge in [-0.25, -0.2) is 13.8 Å². The van der Waals surface area contributed by atoms with Gasteiger partial charge in [-0.3, -0.25) is 4.79 Å². The highest BCUT2D eigenvalue weighted by Gasteiger charge is 2.57. The minimum Gasteiger partial charge on any atom is -0.373 e. The van der Waals surface area contributed by atoms with Crippen LogP contribution < -0.4 is 0 Å². The molecule has 1 fully saturated rings. The van der Waals surface area contributed by atoms with Crippen molar-refractivity contribution >= 4 is 11.6 Å². The molecule has 1 aliphatic rings. The van der Waals surface area contributed by atoms with Gasteiger partial charge in [0.1, 0.15) is 5.83 Å². The molecule has 1 aromatic rings. The molecule has 5 nitrogen and oxygen atoms in total. The van der Waals surface area contributed by atoms with Crippen LogP contribution in [0.3, 0.4) is 0 Å². The number of amides is 1. The topological polar surface area (TPSA) is 58.4 Å². The van der Waals surface area contributed by atoms with Gasteiger partial charge < -0.3 is 14.6 Å². The molecule has 0 radical (unpaired) electrons. The van der Waals surface area contributed by atoms with Crippen molar-refractivity contribution in [1.29, 1.82) is 0 Å². The van der Waals surface area contributed by atoms with Crippen LogP contribution in [-0.2, 0) is 4.79 Å². The van der Waals surface area contributed by atoms with Gasteiger partial charge in [0.2, 0.25) is 5.60 Å². The molecule has 30 heavy (non-hydrogen) atoms. The molecule has 0 aliphatic carbocycles. The normalized spacial score (nSPS) is 19.0. The van der Waals surface area contributed by atoms with E-state index in [1.54, 1.807) is 6.92 Å². The molecule has 1 saturated heterocycles. The lowest BCUT2D eigenvalue weighted by Gasteiger charge is -2.37. The van der Waals surface area contributed by atoms with Crippen LogP contribution >= 0.6 is 0 Å². The number of alkyl halides is 3. The number of rotatable bonds is 6. The predicted octanol–water partition coefficient (Wildman–Crippen LogP) is 4.49. The van der Waals surface area contributed by atoms with Crippen molar-refractivity contribution in [2.45, 2.75) is 50.8 Å². The Kier molecular flexibility index (Phi) is 7.23. The number of aliphatic hydroxyl groups is 1. The molecular formula is C20H24F5N3O2. The van der Waals surface area contributed by atoms with E-state index in [0.29, 0.717) is 12.6 Å². The first-order chi connectivity index (χ1) is 13.9. The van der Waals surface area contributed by atoms with Gasteiger partial charge in [0.05, 0.1) is 17.9 Å². The Morgan fingerprint density at radius 3 is 2.40 bits per heavy atom. The Balaban J connectivity index is 2.19. The van der Waals surface area contributed by atoms with Crippen molar-refractivity contribution in [1.82, 2.24) is 14.5 Å². The van der Waals surface area contributed by atoms with Crippen LogP contribution in [-0.4, -0.2) is 50.3 Å². The van der Waals surface area contributed by atoms with Crippen LogP contribution in [0, 0.1) is 0 Å². The number of likely N-dealkylation sites (tertiary alicyclic amines) is 1. The summed E-state index contributed by atoms with van der Waals surface area (Å²) in [6.45, 7) is 5.28. The number of allylic oxidation sites excluding steroid dienone is 5. The Hall–Kier alpha value is -2.49.